The summed E-state index contributed by atoms with van der Waals surface area (Å²) >= 11 is 1.18. The number of nitrogens with zero attached hydrogens (tertiary/aromatic N) is 1. The van der Waals surface area contributed by atoms with E-state index in [1.807, 2.05) is 0 Å². The highest BCUT2D eigenvalue weighted by Crippen LogP contribution is 1.81. The van der Waals surface area contributed by atoms with Crippen LogP contribution in [0.4, 0.5) is 0 Å². The molecule has 1 aromatic rings. The fourth-order valence-electron chi connectivity index (χ4n) is 0.274. The molecular weight excluding hydrogens is 112 g/mol. The first-order valence-corrected chi connectivity index (χ1v) is 2.58. The first-order chi connectivity index (χ1) is 3.30. The smallest absolute Gasteiger partial charge is 0.215 e. The lowest BCUT2D eigenvalue weighted by Gasteiger charge is -1.79. The normalized spacial score (nSPS) is 9.14. The van der Waals surface area contributed by atoms with Gasteiger partial charge in [-0.25, -0.2) is 0 Å². The molecule has 0 unspecified atom stereocenters. The van der Waals surface area contributed by atoms with Crippen LogP contribution in [-0.4, -0.2) is 9.94 Å². The summed E-state index contributed by atoms with van der Waals surface area (Å²) in [7, 11) is 0. The van der Waals surface area contributed by atoms with Crippen LogP contribution in [0.1, 0.15) is 0 Å². The highest BCUT2D eigenvalue weighted by atomic mass is 32.1. The van der Waals surface area contributed by atoms with Crippen molar-refractivity contribution in [1.82, 2.24) is 4.73 Å². The Kier molecular flexibility index (Phi) is 0.867. The molecule has 7 heavy (non-hydrogen) atoms. The Bertz CT molecular complexity index is 201. The summed E-state index contributed by atoms with van der Waals surface area (Å²) in [6.07, 6.45) is 1.42. The minimum atomic E-state index is 0.153. The van der Waals surface area contributed by atoms with Crippen LogP contribution in [-0.2, 0) is 0 Å². The van der Waals surface area contributed by atoms with Gasteiger partial charge in [-0.3, -0.25) is 5.41 Å². The molecule has 0 radical (unpaired) electrons. The number of hydrogen-bond acceptors (Lipinski definition) is 3. The summed E-state index contributed by atoms with van der Waals surface area (Å²) in [6.45, 7) is 0. The molecule has 0 aliphatic carbocycles. The summed E-state index contributed by atoms with van der Waals surface area (Å²) in [5.74, 6) is 0. The van der Waals surface area contributed by atoms with Gasteiger partial charge in [-0.1, -0.05) is 0 Å². The maximum absolute atomic E-state index is 8.50. The van der Waals surface area contributed by atoms with Gasteiger partial charge in [-0.15, -0.1) is 11.3 Å². The molecule has 1 heterocycles. The van der Waals surface area contributed by atoms with Gasteiger partial charge in [0.15, 0.2) is 0 Å². The van der Waals surface area contributed by atoms with E-state index in [-0.39, 0.29) is 4.80 Å². The number of nitrogens with one attached hydrogen (secondary N) is 1. The molecule has 0 aliphatic rings. The fraction of sp³-hybridized carbons (Fsp3) is 0. The van der Waals surface area contributed by atoms with E-state index < -0.39 is 0 Å². The van der Waals surface area contributed by atoms with Crippen molar-refractivity contribution in [2.75, 3.05) is 0 Å². The predicted octanol–water partition coefficient (Wildman–Crippen LogP) is 0.266. The second-order valence-corrected chi connectivity index (χ2v) is 1.95. The van der Waals surface area contributed by atoms with E-state index in [2.05, 4.69) is 0 Å². The van der Waals surface area contributed by atoms with Gasteiger partial charge >= 0.3 is 0 Å². The predicted molar refractivity (Wildman–Crippen MR) is 25.3 cm³/mol. The molecule has 4 heteroatoms. The molecule has 1 aromatic heterocycles. The molecule has 0 spiro atoms. The third kappa shape index (κ3) is 0.640. The minimum absolute atomic E-state index is 0.153. The van der Waals surface area contributed by atoms with E-state index in [4.69, 9.17) is 10.6 Å². The van der Waals surface area contributed by atoms with E-state index in [1.165, 1.54) is 17.5 Å². The van der Waals surface area contributed by atoms with Crippen LogP contribution in [0.3, 0.4) is 0 Å². The molecule has 0 aromatic carbocycles. The van der Waals surface area contributed by atoms with E-state index in [1.54, 1.807) is 5.38 Å². The first kappa shape index (κ1) is 4.39. The summed E-state index contributed by atoms with van der Waals surface area (Å²) in [4.78, 5) is 0.153. The Labute approximate surface area is 43.9 Å². The molecule has 0 saturated carbocycles. The molecule has 3 nitrogen and oxygen atoms in total. The molecule has 1 rings (SSSR count). The van der Waals surface area contributed by atoms with E-state index in [9.17, 15) is 0 Å². The number of aromatic nitrogens is 1. The molecule has 0 fully saturated rings. The molecule has 2 N–H and O–H groups in total. The van der Waals surface area contributed by atoms with Gasteiger partial charge in [0.25, 0.3) is 0 Å². The van der Waals surface area contributed by atoms with Crippen LogP contribution < -0.4 is 4.80 Å². The van der Waals surface area contributed by atoms with E-state index >= 15 is 0 Å². The second kappa shape index (κ2) is 1.38. The summed E-state index contributed by atoms with van der Waals surface area (Å²) in [5.41, 5.74) is 0. The number of rotatable bonds is 0. The minimum Gasteiger partial charge on any atom is -0.426 e. The Morgan fingerprint density at radius 2 is 2.57 bits per heavy atom. The molecule has 0 saturated heterocycles. The SMILES string of the molecule is N=c1sccn1O. The van der Waals surface area contributed by atoms with Gasteiger partial charge in [0, 0.05) is 5.38 Å². The van der Waals surface area contributed by atoms with Gasteiger partial charge < -0.3 is 5.21 Å². The van der Waals surface area contributed by atoms with Crippen molar-refractivity contribution in [3.05, 3.63) is 16.4 Å². The van der Waals surface area contributed by atoms with Crippen molar-refractivity contribution in [3.8, 4) is 0 Å². The van der Waals surface area contributed by atoms with Gasteiger partial charge in [0.1, 0.15) is 0 Å². The van der Waals surface area contributed by atoms with Crippen LogP contribution >= 0.6 is 11.3 Å². The fourth-order valence-corrected chi connectivity index (χ4v) is 0.748. The molecule has 0 bridgehead atoms. The van der Waals surface area contributed by atoms with Gasteiger partial charge in [-0.2, -0.15) is 4.73 Å². The van der Waals surface area contributed by atoms with Crippen molar-refractivity contribution in [3.63, 3.8) is 0 Å². The Balaban J connectivity index is 3.39. The molecule has 0 aliphatic heterocycles. The number of thiazole rings is 1. The van der Waals surface area contributed by atoms with Crippen LogP contribution in [0, 0.1) is 5.41 Å². The third-order valence-corrected chi connectivity index (χ3v) is 1.26. The van der Waals surface area contributed by atoms with Crippen molar-refractivity contribution >= 4 is 11.3 Å². The lowest BCUT2D eigenvalue weighted by molar-refractivity contribution is 0.176. The second-order valence-electron chi connectivity index (χ2n) is 1.05. The molecule has 38 valence electrons. The van der Waals surface area contributed by atoms with Crippen molar-refractivity contribution in [2.24, 2.45) is 0 Å². The lowest BCUT2D eigenvalue weighted by atomic mass is 11.0. The monoisotopic (exact) mass is 116 g/mol. The van der Waals surface area contributed by atoms with Crippen molar-refractivity contribution in [2.45, 2.75) is 0 Å². The zero-order valence-corrected chi connectivity index (χ0v) is 4.27. The maximum Gasteiger partial charge on any atom is 0.215 e. The zero-order valence-electron chi connectivity index (χ0n) is 3.46. The highest BCUT2D eigenvalue weighted by Gasteiger charge is 1.81. The molecular formula is C3H4N2OS. The average Bonchev–Trinajstić information content (AvgIpc) is 1.91. The van der Waals surface area contributed by atoms with Crippen LogP contribution in [0.25, 0.3) is 0 Å². The zero-order chi connectivity index (χ0) is 5.28. The van der Waals surface area contributed by atoms with Crippen molar-refractivity contribution in [1.29, 1.82) is 5.41 Å². The van der Waals surface area contributed by atoms with Gasteiger partial charge in [0.2, 0.25) is 4.80 Å². The van der Waals surface area contributed by atoms with E-state index in [0.717, 1.165) is 4.73 Å². The Hall–Kier alpha value is -0.770. The first-order valence-electron chi connectivity index (χ1n) is 1.70. The largest absolute Gasteiger partial charge is 0.426 e. The summed E-state index contributed by atoms with van der Waals surface area (Å²) < 4.78 is 0.769. The van der Waals surface area contributed by atoms with Crippen LogP contribution in [0.2, 0.25) is 0 Å². The topological polar surface area (TPSA) is 49.0 Å². The maximum atomic E-state index is 8.50. The molecule has 0 atom stereocenters. The molecule has 0 amide bonds. The number of hydrogen-bond donors (Lipinski definition) is 2. The average molecular weight is 116 g/mol. The summed E-state index contributed by atoms with van der Waals surface area (Å²) in [6, 6.07) is 0. The van der Waals surface area contributed by atoms with Crippen LogP contribution in [0.15, 0.2) is 11.6 Å². The van der Waals surface area contributed by atoms with Crippen LogP contribution in [0.5, 0.6) is 0 Å². The Morgan fingerprint density at radius 1 is 1.86 bits per heavy atom. The van der Waals surface area contributed by atoms with Gasteiger partial charge in [0.05, 0.1) is 6.20 Å². The highest BCUT2D eigenvalue weighted by molar-refractivity contribution is 7.06. The van der Waals surface area contributed by atoms with E-state index in [0.29, 0.717) is 0 Å². The summed E-state index contributed by atoms with van der Waals surface area (Å²) in [5, 5.41) is 17.0. The quantitative estimate of drug-likeness (QED) is 0.469. The lowest BCUT2D eigenvalue weighted by Crippen LogP contribution is -2.06. The standard InChI is InChI=1S/C3H4N2OS/c4-3-5(6)1-2-7-3/h1-2,4,6H. The Morgan fingerprint density at radius 3 is 2.71 bits per heavy atom. The van der Waals surface area contributed by atoms with Gasteiger partial charge in [-0.05, 0) is 0 Å². The third-order valence-electron chi connectivity index (χ3n) is 0.590. The van der Waals surface area contributed by atoms with Crippen molar-refractivity contribution < 1.29 is 5.21 Å².